The minimum atomic E-state index is -0.758. The average Bonchev–Trinajstić information content (AvgIpc) is 3.03. The first-order valence-electron chi connectivity index (χ1n) is 13.9. The molecule has 0 unspecified atom stereocenters. The van der Waals surface area contributed by atoms with E-state index in [4.69, 9.17) is 18.9 Å². The lowest BCUT2D eigenvalue weighted by Crippen LogP contribution is -2.30. The molecule has 0 saturated carbocycles. The second-order valence-electron chi connectivity index (χ2n) is 10.2. The Bertz CT molecular complexity index is 1540. The van der Waals surface area contributed by atoms with Gasteiger partial charge in [0.05, 0.1) is 6.10 Å². The predicted octanol–water partition coefficient (Wildman–Crippen LogP) is 8.22. The summed E-state index contributed by atoms with van der Waals surface area (Å²) in [6.45, 7) is 1.03. The number of fused-ring (bicyclic) bond motifs is 1. The van der Waals surface area contributed by atoms with Gasteiger partial charge in [0.2, 0.25) is 5.75 Å². The van der Waals surface area contributed by atoms with Crippen LogP contribution in [0, 0.1) is 0 Å². The first-order valence-corrected chi connectivity index (χ1v) is 14.7. The molecule has 0 fully saturated rings. The molecular weight excluding hydrogens is 592 g/mol. The van der Waals surface area contributed by atoms with Crippen molar-refractivity contribution in [3.8, 4) is 23.0 Å². The molecule has 1 aliphatic rings. The van der Waals surface area contributed by atoms with Crippen molar-refractivity contribution in [3.63, 3.8) is 0 Å². The molecule has 6 heteroatoms. The number of halogens is 1. The van der Waals surface area contributed by atoms with Gasteiger partial charge in [0.15, 0.2) is 17.6 Å². The summed E-state index contributed by atoms with van der Waals surface area (Å²) >= 11 is 3.52. The van der Waals surface area contributed by atoms with Crippen LogP contribution in [-0.4, -0.2) is 11.2 Å². The minimum absolute atomic E-state index is 0.342. The number of hydrogen-bond donors (Lipinski definition) is 1. The van der Waals surface area contributed by atoms with Gasteiger partial charge in [-0.2, -0.15) is 0 Å². The van der Waals surface area contributed by atoms with Crippen LogP contribution in [0.2, 0.25) is 0 Å². The molecular formula is C36H31BrO5. The monoisotopic (exact) mass is 622 g/mol. The average molecular weight is 624 g/mol. The quantitative estimate of drug-likeness (QED) is 0.170. The maximum Gasteiger partial charge on any atom is 0.203 e. The van der Waals surface area contributed by atoms with Gasteiger partial charge in [-0.25, -0.2) is 0 Å². The van der Waals surface area contributed by atoms with Crippen LogP contribution in [0.4, 0.5) is 0 Å². The lowest BCUT2D eigenvalue weighted by atomic mass is 9.94. The first-order chi connectivity index (χ1) is 20.6. The molecule has 5 aromatic rings. The zero-order chi connectivity index (χ0) is 28.7. The zero-order valence-electron chi connectivity index (χ0n) is 23.0. The van der Waals surface area contributed by atoms with Gasteiger partial charge in [0.25, 0.3) is 0 Å². The largest absolute Gasteiger partial charge is 0.485 e. The van der Waals surface area contributed by atoms with Crippen LogP contribution in [0.25, 0.3) is 0 Å². The van der Waals surface area contributed by atoms with E-state index < -0.39 is 12.2 Å². The highest BCUT2D eigenvalue weighted by atomic mass is 79.9. The van der Waals surface area contributed by atoms with Crippen molar-refractivity contribution in [3.05, 3.63) is 154 Å². The Morgan fingerprint density at radius 2 is 1.14 bits per heavy atom. The zero-order valence-corrected chi connectivity index (χ0v) is 24.6. The molecule has 1 aliphatic heterocycles. The van der Waals surface area contributed by atoms with Crippen LogP contribution in [0.15, 0.2) is 126 Å². The van der Waals surface area contributed by atoms with Gasteiger partial charge >= 0.3 is 0 Å². The lowest BCUT2D eigenvalue weighted by Gasteiger charge is -2.31. The normalized spacial score (nSPS) is 15.8. The summed E-state index contributed by atoms with van der Waals surface area (Å²) < 4.78 is 26.5. The molecule has 6 rings (SSSR count). The fourth-order valence-corrected chi connectivity index (χ4v) is 5.39. The number of rotatable bonds is 10. The van der Waals surface area contributed by atoms with E-state index in [0.29, 0.717) is 43.5 Å². The van der Waals surface area contributed by atoms with E-state index in [1.807, 2.05) is 121 Å². The summed E-state index contributed by atoms with van der Waals surface area (Å²) in [5, 5.41) is 11.2. The van der Waals surface area contributed by atoms with Crippen molar-refractivity contribution in [1.82, 2.24) is 0 Å². The van der Waals surface area contributed by atoms with Crippen molar-refractivity contribution in [2.45, 2.75) is 38.4 Å². The van der Waals surface area contributed by atoms with E-state index in [2.05, 4.69) is 15.9 Å². The predicted molar refractivity (Wildman–Crippen MR) is 166 cm³/mol. The fraction of sp³-hybridized carbons (Fsp3) is 0.167. The van der Waals surface area contributed by atoms with Gasteiger partial charge in [0, 0.05) is 16.5 Å². The van der Waals surface area contributed by atoms with Crippen LogP contribution >= 0.6 is 15.9 Å². The van der Waals surface area contributed by atoms with E-state index in [-0.39, 0.29) is 0 Å². The number of aliphatic hydroxyl groups is 1. The molecule has 0 radical (unpaired) electrons. The highest BCUT2D eigenvalue weighted by Crippen LogP contribution is 2.45. The van der Waals surface area contributed by atoms with E-state index >= 15 is 0 Å². The molecule has 0 spiro atoms. The Morgan fingerprint density at radius 3 is 1.67 bits per heavy atom. The van der Waals surface area contributed by atoms with Crippen LogP contribution in [0.3, 0.4) is 0 Å². The number of ether oxygens (including phenoxy) is 4. The third-order valence-electron chi connectivity index (χ3n) is 7.13. The van der Waals surface area contributed by atoms with E-state index in [1.165, 1.54) is 0 Å². The van der Waals surface area contributed by atoms with Crippen molar-refractivity contribution in [2.75, 3.05) is 0 Å². The molecule has 0 aromatic heterocycles. The van der Waals surface area contributed by atoms with Crippen molar-refractivity contribution in [2.24, 2.45) is 0 Å². The van der Waals surface area contributed by atoms with Crippen molar-refractivity contribution < 1.29 is 24.1 Å². The highest BCUT2D eigenvalue weighted by molar-refractivity contribution is 9.10. The van der Waals surface area contributed by atoms with E-state index in [0.717, 1.165) is 38.0 Å². The Labute approximate surface area is 254 Å². The van der Waals surface area contributed by atoms with Gasteiger partial charge in [0.1, 0.15) is 25.6 Å². The summed E-state index contributed by atoms with van der Waals surface area (Å²) in [5.41, 5.74) is 4.78. The molecule has 0 saturated heterocycles. The van der Waals surface area contributed by atoms with Gasteiger partial charge in [-0.05, 0) is 52.6 Å². The maximum atomic E-state index is 11.2. The van der Waals surface area contributed by atoms with Gasteiger partial charge in [-0.15, -0.1) is 0 Å². The maximum absolute atomic E-state index is 11.2. The van der Waals surface area contributed by atoms with Gasteiger partial charge in [-0.3, -0.25) is 0 Å². The minimum Gasteiger partial charge on any atom is -0.485 e. The summed E-state index contributed by atoms with van der Waals surface area (Å²) in [6.07, 6.45) is -0.904. The van der Waals surface area contributed by atoms with Crippen LogP contribution in [0.1, 0.15) is 33.9 Å². The van der Waals surface area contributed by atoms with Crippen LogP contribution in [0.5, 0.6) is 23.0 Å². The summed E-state index contributed by atoms with van der Waals surface area (Å²) in [6, 6.07) is 39.6. The Morgan fingerprint density at radius 1 is 0.643 bits per heavy atom. The smallest absolute Gasteiger partial charge is 0.203 e. The van der Waals surface area contributed by atoms with Crippen molar-refractivity contribution in [1.29, 1.82) is 0 Å². The fourth-order valence-electron chi connectivity index (χ4n) is 4.98. The molecule has 42 heavy (non-hydrogen) atoms. The van der Waals surface area contributed by atoms with Crippen molar-refractivity contribution >= 4 is 15.9 Å². The lowest BCUT2D eigenvalue weighted by molar-refractivity contribution is 0.0204. The first kappa shape index (κ1) is 27.9. The van der Waals surface area contributed by atoms with Gasteiger partial charge < -0.3 is 24.1 Å². The van der Waals surface area contributed by atoms with E-state index in [9.17, 15) is 5.11 Å². The standard InChI is InChI=1S/C36H31BrO5/c37-30-16-17-32-28(18-30)19-31(38)35(42-32)29-20-33(39-22-25-10-4-1-5-11-25)36(41-24-27-14-8-3-9-15-27)34(21-29)40-23-26-12-6-2-7-13-26/h1-18,20-21,31,35,38H,19,22-24H2/t31-,35+/m0/s1. The molecule has 5 nitrogen and oxygen atoms in total. The second kappa shape index (κ2) is 13.1. The summed E-state index contributed by atoms with van der Waals surface area (Å²) in [4.78, 5) is 0. The molecule has 5 aromatic carbocycles. The molecule has 2 atom stereocenters. The Balaban J connectivity index is 1.38. The summed E-state index contributed by atoms with van der Waals surface area (Å²) in [5.74, 6) is 2.29. The molecule has 0 aliphatic carbocycles. The number of hydrogen-bond acceptors (Lipinski definition) is 5. The third kappa shape index (κ3) is 6.78. The molecule has 1 heterocycles. The van der Waals surface area contributed by atoms with Crippen LogP contribution < -0.4 is 18.9 Å². The number of aliphatic hydroxyl groups excluding tert-OH is 1. The molecule has 1 N–H and O–H groups in total. The van der Waals surface area contributed by atoms with Gasteiger partial charge in [-0.1, -0.05) is 107 Å². The third-order valence-corrected chi connectivity index (χ3v) is 7.62. The Kier molecular flexibility index (Phi) is 8.73. The highest BCUT2D eigenvalue weighted by Gasteiger charge is 2.32. The molecule has 0 amide bonds. The summed E-state index contributed by atoms with van der Waals surface area (Å²) in [7, 11) is 0. The molecule has 0 bridgehead atoms. The Hall–Kier alpha value is -4.26. The van der Waals surface area contributed by atoms with E-state index in [1.54, 1.807) is 0 Å². The topological polar surface area (TPSA) is 57.2 Å². The second-order valence-corrected chi connectivity index (χ2v) is 11.1. The number of benzene rings is 5. The molecule has 212 valence electrons. The van der Waals surface area contributed by atoms with Crippen LogP contribution in [-0.2, 0) is 26.2 Å². The SMILES string of the molecule is O[C@H]1Cc2cc(Br)ccc2O[C@@H]1c1cc(OCc2ccccc2)c(OCc2ccccc2)c(OCc2ccccc2)c1.